The van der Waals surface area contributed by atoms with E-state index in [4.69, 9.17) is 23.2 Å². The Balaban J connectivity index is 2.12. The van der Waals surface area contributed by atoms with Crippen LogP contribution in [0.4, 0.5) is 0 Å². The van der Waals surface area contributed by atoms with Crippen LogP contribution in [0.3, 0.4) is 0 Å². The minimum Gasteiger partial charge on any atom is -0.296 e. The highest BCUT2D eigenvalue weighted by molar-refractivity contribution is 6.31. The summed E-state index contributed by atoms with van der Waals surface area (Å²) in [6.07, 6.45) is 1.95. The van der Waals surface area contributed by atoms with E-state index in [9.17, 15) is 0 Å². The molecule has 1 aliphatic heterocycles. The second kappa shape index (κ2) is 4.94. The third-order valence-corrected chi connectivity index (χ3v) is 3.88. The van der Waals surface area contributed by atoms with Gasteiger partial charge in [-0.25, -0.2) is 0 Å². The Labute approximate surface area is 106 Å². The molecule has 2 heterocycles. The molecule has 0 aromatic carbocycles. The molecular weight excluding hydrogens is 245 g/mol. The first-order valence-electron chi connectivity index (χ1n) is 5.68. The molecule has 1 aliphatic rings. The molecule has 2 rings (SSSR count). The van der Waals surface area contributed by atoms with Crippen molar-refractivity contribution in [2.45, 2.75) is 31.7 Å². The zero-order chi connectivity index (χ0) is 11.7. The molecule has 1 fully saturated rings. The normalized spacial score (nSPS) is 21.9. The number of aryl methyl sites for hydroxylation is 2. The van der Waals surface area contributed by atoms with Crippen LogP contribution in [0.25, 0.3) is 0 Å². The fraction of sp³-hybridized carbons (Fsp3) is 0.727. The Morgan fingerprint density at radius 2 is 2.25 bits per heavy atom. The molecule has 1 atom stereocenters. The van der Waals surface area contributed by atoms with Crippen LogP contribution >= 0.6 is 23.2 Å². The highest BCUT2D eigenvalue weighted by atomic mass is 35.5. The van der Waals surface area contributed by atoms with Crippen LogP contribution in [-0.2, 0) is 20.0 Å². The number of nitrogens with zero attached hydrogens (tertiary/aromatic N) is 3. The van der Waals surface area contributed by atoms with Gasteiger partial charge in [0, 0.05) is 32.1 Å². The third-order valence-electron chi connectivity index (χ3n) is 3.09. The maximum absolute atomic E-state index is 6.30. The molecule has 0 saturated carbocycles. The maximum atomic E-state index is 6.30. The van der Waals surface area contributed by atoms with Crippen molar-refractivity contribution in [2.75, 3.05) is 13.1 Å². The van der Waals surface area contributed by atoms with Crippen molar-refractivity contribution in [3.8, 4) is 0 Å². The average molecular weight is 262 g/mol. The molecule has 0 aliphatic carbocycles. The van der Waals surface area contributed by atoms with Gasteiger partial charge in [-0.05, 0) is 12.8 Å². The van der Waals surface area contributed by atoms with E-state index >= 15 is 0 Å². The van der Waals surface area contributed by atoms with E-state index in [0.717, 1.165) is 48.9 Å². The van der Waals surface area contributed by atoms with E-state index in [0.29, 0.717) is 0 Å². The summed E-state index contributed by atoms with van der Waals surface area (Å²) in [5, 5.41) is 5.53. The Hall–Kier alpha value is -0.250. The summed E-state index contributed by atoms with van der Waals surface area (Å²) in [7, 11) is 1.95. The molecule has 3 nitrogen and oxygen atoms in total. The Kier molecular flexibility index (Phi) is 3.77. The van der Waals surface area contributed by atoms with Gasteiger partial charge >= 0.3 is 0 Å². The monoisotopic (exact) mass is 261 g/mol. The molecule has 0 bridgehead atoms. The maximum Gasteiger partial charge on any atom is 0.0863 e. The van der Waals surface area contributed by atoms with Crippen molar-refractivity contribution >= 4 is 23.2 Å². The molecule has 90 valence electrons. The van der Waals surface area contributed by atoms with Crippen molar-refractivity contribution in [3.63, 3.8) is 0 Å². The first-order chi connectivity index (χ1) is 7.61. The predicted molar refractivity (Wildman–Crippen MR) is 67.1 cm³/mol. The predicted octanol–water partition coefficient (Wildman–Crippen LogP) is 2.45. The first kappa shape index (κ1) is 12.2. The summed E-state index contributed by atoms with van der Waals surface area (Å²) in [5.41, 5.74) is 2.09. The second-order valence-electron chi connectivity index (χ2n) is 4.31. The molecule has 0 spiro atoms. The summed E-state index contributed by atoms with van der Waals surface area (Å²) >= 11 is 12.4. The largest absolute Gasteiger partial charge is 0.296 e. The number of hydrogen-bond donors (Lipinski definition) is 0. The lowest BCUT2D eigenvalue weighted by Gasteiger charge is -2.15. The van der Waals surface area contributed by atoms with Gasteiger partial charge in [-0.2, -0.15) is 5.10 Å². The number of likely N-dealkylation sites (tertiary alicyclic amines) is 1. The van der Waals surface area contributed by atoms with Crippen LogP contribution < -0.4 is 0 Å². The lowest BCUT2D eigenvalue weighted by molar-refractivity contribution is 0.322. The smallest absolute Gasteiger partial charge is 0.0863 e. The molecule has 0 N–H and O–H groups in total. The number of alkyl halides is 1. The van der Waals surface area contributed by atoms with E-state index in [1.54, 1.807) is 0 Å². The summed E-state index contributed by atoms with van der Waals surface area (Å²) in [5.74, 6) is 0. The van der Waals surface area contributed by atoms with Crippen LogP contribution in [0.15, 0.2) is 0 Å². The van der Waals surface area contributed by atoms with Crippen molar-refractivity contribution in [2.24, 2.45) is 7.05 Å². The standard InChI is InChI=1S/C11H17Cl2N3/c1-3-9-11(13)10(15(2)14-9)7-16-5-4-8(12)6-16/h8H,3-7H2,1-2H3. The zero-order valence-corrected chi connectivity index (χ0v) is 11.2. The topological polar surface area (TPSA) is 21.1 Å². The van der Waals surface area contributed by atoms with Gasteiger partial charge in [-0.1, -0.05) is 18.5 Å². The third kappa shape index (κ3) is 2.36. The lowest BCUT2D eigenvalue weighted by atomic mass is 10.3. The van der Waals surface area contributed by atoms with Crippen LogP contribution in [0.1, 0.15) is 24.7 Å². The molecule has 1 aromatic heterocycles. The molecular formula is C11H17Cl2N3. The van der Waals surface area contributed by atoms with Gasteiger partial charge in [0.2, 0.25) is 0 Å². The molecule has 0 radical (unpaired) electrons. The van der Waals surface area contributed by atoms with Gasteiger partial charge < -0.3 is 0 Å². The van der Waals surface area contributed by atoms with Crippen LogP contribution in [0, 0.1) is 0 Å². The van der Waals surface area contributed by atoms with Gasteiger partial charge in [0.1, 0.15) is 0 Å². The van der Waals surface area contributed by atoms with E-state index in [1.165, 1.54) is 0 Å². The van der Waals surface area contributed by atoms with Crippen LogP contribution in [0.2, 0.25) is 5.02 Å². The van der Waals surface area contributed by atoms with Gasteiger partial charge in [0.25, 0.3) is 0 Å². The van der Waals surface area contributed by atoms with E-state index in [-0.39, 0.29) is 5.38 Å². The summed E-state index contributed by atoms with van der Waals surface area (Å²) < 4.78 is 1.89. The van der Waals surface area contributed by atoms with Crippen molar-refractivity contribution in [1.82, 2.24) is 14.7 Å². The van der Waals surface area contributed by atoms with Gasteiger partial charge in [0.05, 0.1) is 16.4 Å². The van der Waals surface area contributed by atoms with E-state index in [1.807, 2.05) is 11.7 Å². The highest BCUT2D eigenvalue weighted by Crippen LogP contribution is 2.24. The van der Waals surface area contributed by atoms with Crippen molar-refractivity contribution < 1.29 is 0 Å². The Morgan fingerprint density at radius 3 is 2.75 bits per heavy atom. The quantitative estimate of drug-likeness (QED) is 0.780. The lowest BCUT2D eigenvalue weighted by Crippen LogP contribution is -2.22. The number of aromatic nitrogens is 2. The molecule has 0 amide bonds. The van der Waals surface area contributed by atoms with Crippen LogP contribution in [0.5, 0.6) is 0 Å². The van der Waals surface area contributed by atoms with Crippen LogP contribution in [-0.4, -0.2) is 33.1 Å². The Morgan fingerprint density at radius 1 is 1.50 bits per heavy atom. The average Bonchev–Trinajstić information content (AvgIpc) is 2.77. The van der Waals surface area contributed by atoms with E-state index < -0.39 is 0 Å². The summed E-state index contributed by atoms with van der Waals surface area (Å²) in [6.45, 7) is 4.93. The minimum absolute atomic E-state index is 0.289. The van der Waals surface area contributed by atoms with Crippen molar-refractivity contribution in [1.29, 1.82) is 0 Å². The highest BCUT2D eigenvalue weighted by Gasteiger charge is 2.23. The summed E-state index contributed by atoms with van der Waals surface area (Å²) in [6, 6.07) is 0. The molecule has 1 saturated heterocycles. The van der Waals surface area contributed by atoms with Gasteiger partial charge in [0.15, 0.2) is 0 Å². The first-order valence-corrected chi connectivity index (χ1v) is 6.50. The number of rotatable bonds is 3. The number of hydrogen-bond acceptors (Lipinski definition) is 2. The van der Waals surface area contributed by atoms with Gasteiger partial charge in [-0.15, -0.1) is 11.6 Å². The fourth-order valence-electron chi connectivity index (χ4n) is 2.13. The van der Waals surface area contributed by atoms with Gasteiger partial charge in [-0.3, -0.25) is 9.58 Å². The fourth-order valence-corrected chi connectivity index (χ4v) is 2.78. The SMILES string of the molecule is CCc1nn(C)c(CN2CCC(Cl)C2)c1Cl. The second-order valence-corrected chi connectivity index (χ2v) is 5.30. The molecule has 1 aromatic rings. The number of halogens is 2. The molecule has 16 heavy (non-hydrogen) atoms. The Bertz CT molecular complexity index is 376. The minimum atomic E-state index is 0.289. The molecule has 1 unspecified atom stereocenters. The van der Waals surface area contributed by atoms with Crippen molar-refractivity contribution in [3.05, 3.63) is 16.4 Å². The summed E-state index contributed by atoms with van der Waals surface area (Å²) in [4.78, 5) is 2.33. The zero-order valence-electron chi connectivity index (χ0n) is 9.71. The van der Waals surface area contributed by atoms with E-state index in [2.05, 4.69) is 16.9 Å². The molecule has 5 heteroatoms.